The first-order valence-electron chi connectivity index (χ1n) is 9.13. The number of benzene rings is 1. The molecule has 2 unspecified atom stereocenters. The first kappa shape index (κ1) is 16.5. The quantitative estimate of drug-likeness (QED) is 0.869. The van der Waals surface area contributed by atoms with E-state index in [-0.39, 0.29) is 5.56 Å². The van der Waals surface area contributed by atoms with Crippen LogP contribution in [0.1, 0.15) is 24.1 Å². The second kappa shape index (κ2) is 6.73. The Bertz CT molecular complexity index is 740. The summed E-state index contributed by atoms with van der Waals surface area (Å²) in [4.78, 5) is 13.5. The van der Waals surface area contributed by atoms with E-state index in [1.54, 1.807) is 6.07 Å². The number of likely N-dealkylation sites (tertiary alicyclic amines) is 1. The molecule has 1 aromatic carbocycles. The molecule has 0 spiro atoms. The Balaban J connectivity index is 1.30. The van der Waals surface area contributed by atoms with Crippen molar-refractivity contribution in [2.24, 2.45) is 11.8 Å². The number of aliphatic hydroxyl groups is 1. The Morgan fingerprint density at radius 3 is 2.48 bits per heavy atom. The van der Waals surface area contributed by atoms with Gasteiger partial charge in [-0.05, 0) is 36.3 Å². The number of rotatable bonds is 5. The molecule has 1 aliphatic carbocycles. The summed E-state index contributed by atoms with van der Waals surface area (Å²) in [6.45, 7) is 3.08. The van der Waals surface area contributed by atoms with Gasteiger partial charge < -0.3 is 10.0 Å². The molecule has 1 saturated heterocycles. The monoisotopic (exact) mass is 339 g/mol. The smallest absolute Gasteiger partial charge is 0.264 e. The lowest BCUT2D eigenvalue weighted by Gasteiger charge is -2.26. The third-order valence-corrected chi connectivity index (χ3v) is 5.73. The van der Waals surface area contributed by atoms with E-state index in [0.29, 0.717) is 11.8 Å². The van der Waals surface area contributed by atoms with Gasteiger partial charge in [-0.3, -0.25) is 4.79 Å². The Morgan fingerprint density at radius 2 is 1.84 bits per heavy atom. The summed E-state index contributed by atoms with van der Waals surface area (Å²) in [6.07, 6.45) is 3.42. The van der Waals surface area contributed by atoms with Gasteiger partial charge >= 0.3 is 0 Å². The highest BCUT2D eigenvalue weighted by atomic mass is 16.3. The molecule has 1 aromatic heterocycles. The molecule has 0 amide bonds. The highest BCUT2D eigenvalue weighted by molar-refractivity contribution is 5.18. The van der Waals surface area contributed by atoms with Crippen LogP contribution in [0.4, 0.5) is 0 Å². The SMILES string of the molecule is O=c1ccc(CCN2CC3CC(O)(Cc4ccccc4)CC3C2)n[nH]1. The Morgan fingerprint density at radius 1 is 1.12 bits per heavy atom. The average molecular weight is 339 g/mol. The van der Waals surface area contributed by atoms with Gasteiger partial charge in [-0.25, -0.2) is 5.10 Å². The van der Waals surface area contributed by atoms with E-state index in [9.17, 15) is 9.90 Å². The number of hydrogen-bond donors (Lipinski definition) is 2. The molecular formula is C20H25N3O2. The maximum absolute atomic E-state index is 11.1. The summed E-state index contributed by atoms with van der Waals surface area (Å²) in [6, 6.07) is 13.7. The first-order valence-corrected chi connectivity index (χ1v) is 9.13. The standard InChI is InChI=1S/C20H25N3O2/c24-19-7-6-18(21-22-19)8-9-23-13-16-11-20(25,12-17(16)14-23)10-15-4-2-1-3-5-15/h1-7,16-17,25H,8-14H2,(H,22,24). The summed E-state index contributed by atoms with van der Waals surface area (Å²) in [7, 11) is 0. The minimum atomic E-state index is -0.538. The van der Waals surface area contributed by atoms with E-state index >= 15 is 0 Å². The molecular weight excluding hydrogens is 314 g/mol. The Hall–Kier alpha value is -1.98. The second-order valence-corrected chi connectivity index (χ2v) is 7.74. The van der Waals surface area contributed by atoms with Crippen molar-refractivity contribution in [1.29, 1.82) is 0 Å². The van der Waals surface area contributed by atoms with Gasteiger partial charge in [0, 0.05) is 38.5 Å². The van der Waals surface area contributed by atoms with Crippen LogP contribution in [0.15, 0.2) is 47.3 Å². The van der Waals surface area contributed by atoms with Crippen molar-refractivity contribution in [3.63, 3.8) is 0 Å². The van der Waals surface area contributed by atoms with E-state index in [4.69, 9.17) is 0 Å². The number of hydrogen-bond acceptors (Lipinski definition) is 4. The average Bonchev–Trinajstić information content (AvgIpc) is 3.09. The van der Waals surface area contributed by atoms with Crippen molar-refractivity contribution in [1.82, 2.24) is 15.1 Å². The lowest BCUT2D eigenvalue weighted by atomic mass is 9.91. The van der Waals surface area contributed by atoms with Crippen molar-refractivity contribution in [2.45, 2.75) is 31.3 Å². The number of H-pyrrole nitrogens is 1. The minimum Gasteiger partial charge on any atom is -0.390 e. The predicted octanol–water partition coefficient (Wildman–Crippen LogP) is 1.63. The molecule has 2 atom stereocenters. The summed E-state index contributed by atoms with van der Waals surface area (Å²) in [5, 5.41) is 17.6. The fraction of sp³-hybridized carbons (Fsp3) is 0.500. The largest absolute Gasteiger partial charge is 0.390 e. The van der Waals surface area contributed by atoms with Crippen LogP contribution >= 0.6 is 0 Å². The van der Waals surface area contributed by atoms with Gasteiger partial charge in [-0.15, -0.1) is 0 Å². The predicted molar refractivity (Wildman–Crippen MR) is 96.3 cm³/mol. The van der Waals surface area contributed by atoms with Crippen molar-refractivity contribution in [3.8, 4) is 0 Å². The van der Waals surface area contributed by atoms with Crippen LogP contribution in [0.3, 0.4) is 0 Å². The Kier molecular flexibility index (Phi) is 4.44. The van der Waals surface area contributed by atoms with Crippen LogP contribution < -0.4 is 5.56 Å². The topological polar surface area (TPSA) is 69.2 Å². The van der Waals surface area contributed by atoms with Gasteiger partial charge in [0.15, 0.2) is 0 Å². The van der Waals surface area contributed by atoms with E-state index in [0.717, 1.165) is 51.0 Å². The molecule has 25 heavy (non-hydrogen) atoms. The first-order chi connectivity index (χ1) is 12.1. The summed E-state index contributed by atoms with van der Waals surface area (Å²) in [5.41, 5.74) is 1.46. The third kappa shape index (κ3) is 3.83. The minimum absolute atomic E-state index is 0.155. The highest BCUT2D eigenvalue weighted by Crippen LogP contribution is 2.45. The van der Waals surface area contributed by atoms with Crippen LogP contribution in [0, 0.1) is 11.8 Å². The van der Waals surface area contributed by atoms with Gasteiger partial charge in [0.25, 0.3) is 5.56 Å². The molecule has 2 aromatic rings. The number of aromatic amines is 1. The molecule has 0 radical (unpaired) electrons. The molecule has 4 rings (SSSR count). The van der Waals surface area contributed by atoms with Crippen LogP contribution in [-0.2, 0) is 12.8 Å². The zero-order chi connectivity index (χ0) is 17.3. The molecule has 0 bridgehead atoms. The van der Waals surface area contributed by atoms with E-state index in [2.05, 4.69) is 27.2 Å². The zero-order valence-corrected chi connectivity index (χ0v) is 14.4. The van der Waals surface area contributed by atoms with Crippen molar-refractivity contribution in [3.05, 3.63) is 64.1 Å². The number of nitrogens with zero attached hydrogens (tertiary/aromatic N) is 2. The normalized spacial score (nSPS) is 29.0. The fourth-order valence-electron chi connectivity index (χ4n) is 4.65. The molecule has 2 N–H and O–H groups in total. The van der Waals surface area contributed by atoms with Crippen molar-refractivity contribution in [2.75, 3.05) is 19.6 Å². The van der Waals surface area contributed by atoms with Crippen molar-refractivity contribution < 1.29 is 5.11 Å². The molecule has 1 saturated carbocycles. The number of nitrogens with one attached hydrogen (secondary N) is 1. The van der Waals surface area contributed by atoms with E-state index in [1.807, 2.05) is 18.2 Å². The highest BCUT2D eigenvalue weighted by Gasteiger charge is 2.47. The maximum atomic E-state index is 11.1. The van der Waals surface area contributed by atoms with Gasteiger partial charge in [0.05, 0.1) is 11.3 Å². The van der Waals surface area contributed by atoms with E-state index in [1.165, 1.54) is 11.6 Å². The molecule has 2 heterocycles. The number of fused-ring (bicyclic) bond motifs is 1. The lowest BCUT2D eigenvalue weighted by molar-refractivity contribution is 0.0355. The van der Waals surface area contributed by atoms with Crippen molar-refractivity contribution >= 4 is 0 Å². The van der Waals surface area contributed by atoms with Crippen LogP contribution in [0.5, 0.6) is 0 Å². The maximum Gasteiger partial charge on any atom is 0.264 e. The van der Waals surface area contributed by atoms with Crippen LogP contribution in [-0.4, -0.2) is 45.4 Å². The van der Waals surface area contributed by atoms with Gasteiger partial charge in [-0.1, -0.05) is 30.3 Å². The van der Waals surface area contributed by atoms with Crippen LogP contribution in [0.2, 0.25) is 0 Å². The summed E-state index contributed by atoms with van der Waals surface area (Å²) in [5.74, 6) is 1.19. The Labute approximate surface area is 147 Å². The molecule has 2 fully saturated rings. The third-order valence-electron chi connectivity index (χ3n) is 5.73. The van der Waals surface area contributed by atoms with Gasteiger partial charge in [0.1, 0.15) is 0 Å². The lowest BCUT2D eigenvalue weighted by Crippen LogP contribution is -2.32. The zero-order valence-electron chi connectivity index (χ0n) is 14.4. The molecule has 5 nitrogen and oxygen atoms in total. The van der Waals surface area contributed by atoms with Crippen LogP contribution in [0.25, 0.3) is 0 Å². The molecule has 5 heteroatoms. The van der Waals surface area contributed by atoms with Gasteiger partial charge in [0.2, 0.25) is 0 Å². The molecule has 132 valence electrons. The number of aromatic nitrogens is 2. The fourth-order valence-corrected chi connectivity index (χ4v) is 4.65. The molecule has 1 aliphatic heterocycles. The molecule has 2 aliphatic rings. The van der Waals surface area contributed by atoms with E-state index < -0.39 is 5.60 Å². The summed E-state index contributed by atoms with van der Waals surface area (Å²) < 4.78 is 0. The second-order valence-electron chi connectivity index (χ2n) is 7.74. The van der Waals surface area contributed by atoms with Gasteiger partial charge in [-0.2, -0.15) is 5.10 Å². The summed E-state index contributed by atoms with van der Waals surface area (Å²) >= 11 is 0.